The Hall–Kier alpha value is -3.13. The van der Waals surface area contributed by atoms with Crippen LogP contribution in [0.1, 0.15) is 44.5 Å². The predicted octanol–water partition coefficient (Wildman–Crippen LogP) is 2.12. The number of aromatic amines is 1. The first-order chi connectivity index (χ1) is 13.7. The van der Waals surface area contributed by atoms with Crippen LogP contribution in [-0.4, -0.2) is 37.0 Å². The molecule has 0 saturated heterocycles. The number of nitrogens with zero attached hydrogens (tertiary/aromatic N) is 2. The third-order valence-electron chi connectivity index (χ3n) is 5.60. The molecule has 0 fully saturated rings. The molecule has 1 aliphatic rings. The van der Waals surface area contributed by atoms with Crippen LogP contribution >= 0.6 is 0 Å². The van der Waals surface area contributed by atoms with Crippen molar-refractivity contribution in [3.63, 3.8) is 0 Å². The van der Waals surface area contributed by atoms with Gasteiger partial charge in [-0.1, -0.05) is 38.0 Å². The number of hydrogen-bond donors (Lipinski definition) is 4. The molecule has 154 valence electrons. The summed E-state index contributed by atoms with van der Waals surface area (Å²) in [5.74, 6) is -0.766. The minimum Gasteiger partial charge on any atom is -0.511 e. The number of aliphatic hydroxyl groups excluding tert-OH is 2. The number of allylic oxidation sites excluding steroid dienone is 2. The van der Waals surface area contributed by atoms with Crippen LogP contribution in [0.15, 0.2) is 46.5 Å². The van der Waals surface area contributed by atoms with Gasteiger partial charge in [-0.05, 0) is 38.0 Å². The molecule has 2 unspecified atom stereocenters. The van der Waals surface area contributed by atoms with E-state index in [1.807, 2.05) is 26.0 Å². The van der Waals surface area contributed by atoms with E-state index >= 15 is 0 Å². The maximum atomic E-state index is 12.5. The summed E-state index contributed by atoms with van der Waals surface area (Å²) in [6, 6.07) is 7.26. The number of carbonyl (C=O) groups is 1. The molecule has 1 aromatic carbocycles. The van der Waals surface area contributed by atoms with Gasteiger partial charge in [-0.3, -0.25) is 4.79 Å². The van der Waals surface area contributed by atoms with Gasteiger partial charge in [0.15, 0.2) is 5.82 Å². The largest absolute Gasteiger partial charge is 0.511 e. The van der Waals surface area contributed by atoms with Crippen molar-refractivity contribution >= 4 is 11.5 Å². The van der Waals surface area contributed by atoms with E-state index in [0.29, 0.717) is 12.1 Å². The van der Waals surface area contributed by atoms with Gasteiger partial charge in [0.2, 0.25) is 5.91 Å². The monoisotopic (exact) mass is 398 g/mol. The summed E-state index contributed by atoms with van der Waals surface area (Å²) in [6.07, 6.45) is 2.07. The number of benzene rings is 1. The van der Waals surface area contributed by atoms with Gasteiger partial charge in [0.05, 0.1) is 22.8 Å². The fraction of sp³-hybridized carbons (Fsp3) is 0.381. The van der Waals surface area contributed by atoms with E-state index in [0.717, 1.165) is 18.4 Å². The van der Waals surface area contributed by atoms with Crippen LogP contribution in [0.5, 0.6) is 0 Å². The predicted molar refractivity (Wildman–Crippen MR) is 109 cm³/mol. The zero-order valence-electron chi connectivity index (χ0n) is 16.8. The van der Waals surface area contributed by atoms with Crippen molar-refractivity contribution in [1.82, 2.24) is 14.8 Å². The number of hydrogen-bond acceptors (Lipinski definition) is 5. The summed E-state index contributed by atoms with van der Waals surface area (Å²) in [4.78, 5) is 24.6. The third-order valence-corrected chi connectivity index (χ3v) is 5.60. The normalized spacial score (nSPS) is 21.9. The lowest BCUT2D eigenvalue weighted by molar-refractivity contribution is -0.116. The fourth-order valence-electron chi connectivity index (χ4n) is 3.77. The van der Waals surface area contributed by atoms with E-state index in [9.17, 15) is 19.8 Å². The maximum absolute atomic E-state index is 12.5. The van der Waals surface area contributed by atoms with Crippen molar-refractivity contribution in [1.29, 1.82) is 0 Å². The summed E-state index contributed by atoms with van der Waals surface area (Å²) in [6.45, 7) is 5.53. The molecule has 1 heterocycles. The second-order valence-corrected chi connectivity index (χ2v) is 7.62. The summed E-state index contributed by atoms with van der Waals surface area (Å²) < 4.78 is 1.34. The van der Waals surface area contributed by atoms with Gasteiger partial charge in [-0.25, -0.2) is 14.5 Å². The van der Waals surface area contributed by atoms with Gasteiger partial charge in [-0.2, -0.15) is 5.10 Å². The van der Waals surface area contributed by atoms with Crippen molar-refractivity contribution < 1.29 is 15.0 Å². The molecule has 8 nitrogen and oxygen atoms in total. The molecule has 2 aromatic rings. The van der Waals surface area contributed by atoms with Crippen molar-refractivity contribution in [2.75, 3.05) is 0 Å². The number of aliphatic hydroxyl groups is 2. The van der Waals surface area contributed by atoms with Crippen LogP contribution in [0.4, 0.5) is 0 Å². The maximum Gasteiger partial charge on any atom is 0.348 e. The number of unbranched alkanes of at least 4 members (excludes halogenated alkanes) is 1. The molecule has 0 radical (unpaired) electrons. The zero-order chi connectivity index (χ0) is 21.3. The Labute approximate surface area is 168 Å². The van der Waals surface area contributed by atoms with Crippen molar-refractivity contribution in [3.05, 3.63) is 63.5 Å². The number of rotatable bonds is 6. The lowest BCUT2D eigenvalue weighted by Crippen LogP contribution is -2.42. The highest BCUT2D eigenvalue weighted by Crippen LogP contribution is 2.45. The molecule has 5 N–H and O–H groups in total. The number of aryl methyl sites for hydroxylation is 1. The van der Waals surface area contributed by atoms with Crippen molar-refractivity contribution in [2.45, 2.75) is 46.1 Å². The Morgan fingerprint density at radius 2 is 2.07 bits per heavy atom. The van der Waals surface area contributed by atoms with E-state index in [2.05, 4.69) is 10.2 Å². The molecular formula is C21H26N4O4. The van der Waals surface area contributed by atoms with E-state index in [1.54, 1.807) is 19.1 Å². The van der Waals surface area contributed by atoms with Crippen LogP contribution in [0.2, 0.25) is 0 Å². The fourth-order valence-corrected chi connectivity index (χ4v) is 3.77. The highest BCUT2D eigenvalue weighted by molar-refractivity contribution is 5.97. The first-order valence-electron chi connectivity index (χ1n) is 9.59. The molecule has 1 aromatic heterocycles. The highest BCUT2D eigenvalue weighted by atomic mass is 16.3. The number of nitrogens with two attached hydrogens (primary N) is 1. The summed E-state index contributed by atoms with van der Waals surface area (Å²) >= 11 is 0. The molecule has 2 atom stereocenters. The standard InChI is InChI=1S/C21H26N4O4/c1-4-5-10-21(3)16(26)13(18(22)28)11-14(17(21)27)19-23-24-20(29)25(19)15-9-7-6-8-12(15)2/h6-9,11,16,26-27H,4-5,10H2,1-3H3,(H2,22,28)(H,24,29). The number of aromatic nitrogens is 3. The van der Waals surface area contributed by atoms with Gasteiger partial charge in [0, 0.05) is 5.57 Å². The number of nitrogens with one attached hydrogen (secondary N) is 1. The van der Waals surface area contributed by atoms with Crippen LogP contribution in [-0.2, 0) is 4.79 Å². The van der Waals surface area contributed by atoms with Crippen molar-refractivity contribution in [2.24, 2.45) is 11.1 Å². The van der Waals surface area contributed by atoms with Gasteiger partial charge in [0.25, 0.3) is 0 Å². The van der Waals surface area contributed by atoms with E-state index in [4.69, 9.17) is 5.73 Å². The van der Waals surface area contributed by atoms with E-state index in [-0.39, 0.29) is 22.7 Å². The molecule has 0 spiro atoms. The number of H-pyrrole nitrogens is 1. The third kappa shape index (κ3) is 3.40. The van der Waals surface area contributed by atoms with Gasteiger partial charge < -0.3 is 15.9 Å². The number of carbonyl (C=O) groups excluding carboxylic acids is 1. The lowest BCUT2D eigenvalue weighted by atomic mass is 9.70. The van der Waals surface area contributed by atoms with Gasteiger partial charge in [0.1, 0.15) is 5.76 Å². The molecule has 3 rings (SSSR count). The van der Waals surface area contributed by atoms with E-state index < -0.39 is 23.1 Å². The SMILES string of the molecule is CCCCC1(C)C(O)=C(c2n[nH]c(=O)n2-c2ccccc2C)C=C(C(N)=O)C1O. The molecule has 1 amide bonds. The summed E-state index contributed by atoms with van der Waals surface area (Å²) in [7, 11) is 0. The lowest BCUT2D eigenvalue weighted by Gasteiger charge is -2.38. The Bertz CT molecular complexity index is 1060. The second kappa shape index (κ2) is 7.71. The Kier molecular flexibility index (Phi) is 5.48. The molecule has 1 aliphatic carbocycles. The number of primary amides is 1. The van der Waals surface area contributed by atoms with Gasteiger partial charge in [-0.15, -0.1) is 0 Å². The molecule has 0 bridgehead atoms. The summed E-state index contributed by atoms with van der Waals surface area (Å²) in [5, 5.41) is 28.4. The Morgan fingerprint density at radius 3 is 2.69 bits per heavy atom. The summed E-state index contributed by atoms with van der Waals surface area (Å²) in [5.41, 5.74) is 5.48. The first-order valence-corrected chi connectivity index (χ1v) is 9.59. The van der Waals surface area contributed by atoms with Crippen LogP contribution < -0.4 is 11.4 Å². The highest BCUT2D eigenvalue weighted by Gasteiger charge is 2.45. The first kappa shape index (κ1) is 20.6. The number of amides is 1. The molecule has 29 heavy (non-hydrogen) atoms. The zero-order valence-corrected chi connectivity index (χ0v) is 16.8. The van der Waals surface area contributed by atoms with Crippen LogP contribution in [0, 0.1) is 12.3 Å². The average molecular weight is 398 g/mol. The molecule has 0 saturated carbocycles. The van der Waals surface area contributed by atoms with Crippen LogP contribution in [0.25, 0.3) is 11.3 Å². The van der Waals surface area contributed by atoms with E-state index in [1.165, 1.54) is 10.6 Å². The smallest absolute Gasteiger partial charge is 0.348 e. The number of para-hydroxylation sites is 1. The molecular weight excluding hydrogens is 372 g/mol. The minimum absolute atomic E-state index is 0.0248. The van der Waals surface area contributed by atoms with Crippen LogP contribution in [0.3, 0.4) is 0 Å². The van der Waals surface area contributed by atoms with Crippen molar-refractivity contribution in [3.8, 4) is 5.69 Å². The minimum atomic E-state index is -1.26. The molecule has 0 aliphatic heterocycles. The second-order valence-electron chi connectivity index (χ2n) is 7.62. The Balaban J connectivity index is 2.28. The molecule has 8 heteroatoms. The van der Waals surface area contributed by atoms with Gasteiger partial charge >= 0.3 is 5.69 Å². The topological polar surface area (TPSA) is 134 Å². The average Bonchev–Trinajstić information content (AvgIpc) is 3.06. The Morgan fingerprint density at radius 1 is 1.38 bits per heavy atom. The quantitative estimate of drug-likeness (QED) is 0.591.